The Labute approximate surface area is 152 Å². The van der Waals surface area contributed by atoms with Crippen LogP contribution in [0.5, 0.6) is 11.5 Å². The van der Waals surface area contributed by atoms with Crippen molar-refractivity contribution in [1.29, 1.82) is 0 Å². The summed E-state index contributed by atoms with van der Waals surface area (Å²) in [5.74, 6) is -1.88. The Morgan fingerprint density at radius 2 is 2.00 bits per heavy atom. The first-order valence-corrected chi connectivity index (χ1v) is 7.47. The monoisotopic (exact) mass is 380 g/mol. The van der Waals surface area contributed by atoms with Gasteiger partial charge in [-0.05, 0) is 30.3 Å². The van der Waals surface area contributed by atoms with E-state index in [4.69, 9.17) is 21.1 Å². The lowest BCUT2D eigenvalue weighted by atomic mass is 10.2. The summed E-state index contributed by atoms with van der Waals surface area (Å²) in [4.78, 5) is 34.1. The number of aromatic hydroxyl groups is 1. The van der Waals surface area contributed by atoms with Crippen LogP contribution in [0, 0.1) is 10.1 Å². The molecule has 1 amide bonds. The molecule has 136 valence electrons. The Balaban J connectivity index is 2.03. The van der Waals surface area contributed by atoms with E-state index in [-0.39, 0.29) is 27.7 Å². The first kappa shape index (κ1) is 19.0. The maximum Gasteiger partial charge on any atom is 0.342 e. The summed E-state index contributed by atoms with van der Waals surface area (Å²) in [5.41, 5.74) is -0.622. The van der Waals surface area contributed by atoms with Gasteiger partial charge in [-0.3, -0.25) is 14.9 Å². The van der Waals surface area contributed by atoms with Gasteiger partial charge < -0.3 is 19.9 Å². The molecule has 10 heteroatoms. The number of esters is 1. The summed E-state index contributed by atoms with van der Waals surface area (Å²) < 4.78 is 9.67. The molecule has 0 spiro atoms. The van der Waals surface area contributed by atoms with Gasteiger partial charge in [-0.25, -0.2) is 4.79 Å². The van der Waals surface area contributed by atoms with Crippen LogP contribution in [0.1, 0.15) is 10.4 Å². The van der Waals surface area contributed by atoms with Gasteiger partial charge in [-0.1, -0.05) is 11.6 Å². The molecule has 0 unspecified atom stereocenters. The highest BCUT2D eigenvalue weighted by molar-refractivity contribution is 6.30. The molecule has 0 heterocycles. The maximum absolute atomic E-state index is 11.9. The van der Waals surface area contributed by atoms with Crippen molar-refractivity contribution in [1.82, 2.24) is 0 Å². The highest BCUT2D eigenvalue weighted by atomic mass is 35.5. The molecule has 0 aliphatic carbocycles. The number of hydrogen-bond acceptors (Lipinski definition) is 7. The van der Waals surface area contributed by atoms with E-state index in [1.54, 1.807) is 0 Å². The summed E-state index contributed by atoms with van der Waals surface area (Å²) >= 11 is 5.66. The first-order chi connectivity index (χ1) is 12.3. The van der Waals surface area contributed by atoms with Crippen LogP contribution in [0.3, 0.4) is 0 Å². The van der Waals surface area contributed by atoms with E-state index in [0.29, 0.717) is 0 Å². The summed E-state index contributed by atoms with van der Waals surface area (Å²) in [6, 6.07) is 7.64. The molecule has 0 bridgehead atoms. The number of ether oxygens (including phenoxy) is 2. The standard InChI is InChI=1S/C16H13ClN2O7/c1-25-10-3-5-12(13(7-10)19(23)24)18-15(21)8-26-16(22)11-4-2-9(17)6-14(11)20/h2-7,20H,8H2,1H3,(H,18,21). The van der Waals surface area contributed by atoms with Crippen molar-refractivity contribution in [2.24, 2.45) is 0 Å². The van der Waals surface area contributed by atoms with Crippen LogP contribution >= 0.6 is 11.6 Å². The number of phenols is 1. The third-order valence-electron chi connectivity index (χ3n) is 3.19. The van der Waals surface area contributed by atoms with Crippen LogP contribution in [0.2, 0.25) is 5.02 Å². The van der Waals surface area contributed by atoms with E-state index in [9.17, 15) is 24.8 Å². The van der Waals surface area contributed by atoms with Gasteiger partial charge in [0.15, 0.2) is 6.61 Å². The molecule has 0 atom stereocenters. The molecule has 0 saturated heterocycles. The molecule has 2 aromatic rings. The largest absolute Gasteiger partial charge is 0.507 e. The molecular weight excluding hydrogens is 368 g/mol. The zero-order valence-corrected chi connectivity index (χ0v) is 14.1. The number of amides is 1. The predicted octanol–water partition coefficient (Wildman–Crippen LogP) is 2.76. The van der Waals surface area contributed by atoms with E-state index in [1.165, 1.54) is 31.4 Å². The van der Waals surface area contributed by atoms with Gasteiger partial charge in [0, 0.05) is 5.02 Å². The quantitative estimate of drug-likeness (QED) is 0.448. The van der Waals surface area contributed by atoms with E-state index in [1.807, 2.05) is 0 Å². The highest BCUT2D eigenvalue weighted by Crippen LogP contribution is 2.29. The summed E-state index contributed by atoms with van der Waals surface area (Å²) in [7, 11) is 1.35. The Bertz CT molecular complexity index is 870. The summed E-state index contributed by atoms with van der Waals surface area (Å²) in [6.45, 7) is -0.704. The number of nitro groups is 1. The number of rotatable bonds is 6. The van der Waals surface area contributed by atoms with E-state index in [0.717, 1.165) is 12.1 Å². The fraction of sp³-hybridized carbons (Fsp3) is 0.125. The van der Waals surface area contributed by atoms with Gasteiger partial charge in [0.05, 0.1) is 18.1 Å². The Morgan fingerprint density at radius 3 is 2.62 bits per heavy atom. The van der Waals surface area contributed by atoms with Gasteiger partial charge in [-0.2, -0.15) is 0 Å². The molecule has 26 heavy (non-hydrogen) atoms. The molecule has 0 aliphatic heterocycles. The highest BCUT2D eigenvalue weighted by Gasteiger charge is 2.19. The second kappa shape index (κ2) is 8.17. The van der Waals surface area contributed by atoms with Crippen LogP contribution in [0.4, 0.5) is 11.4 Å². The third kappa shape index (κ3) is 4.61. The zero-order valence-electron chi connectivity index (χ0n) is 13.4. The van der Waals surface area contributed by atoms with Crippen LogP contribution in [0.15, 0.2) is 36.4 Å². The van der Waals surface area contributed by atoms with Crippen LogP contribution in [-0.4, -0.2) is 35.6 Å². The number of hydrogen-bond donors (Lipinski definition) is 2. The number of halogens is 1. The van der Waals surface area contributed by atoms with Crippen molar-refractivity contribution in [2.45, 2.75) is 0 Å². The number of nitro benzene ring substituents is 1. The third-order valence-corrected chi connectivity index (χ3v) is 3.42. The first-order valence-electron chi connectivity index (χ1n) is 7.09. The smallest absolute Gasteiger partial charge is 0.342 e. The van der Waals surface area contributed by atoms with Crippen LogP contribution < -0.4 is 10.1 Å². The Hall–Kier alpha value is -3.33. The lowest BCUT2D eigenvalue weighted by Crippen LogP contribution is -2.21. The summed E-state index contributed by atoms with van der Waals surface area (Å²) in [5, 5.41) is 23.2. The SMILES string of the molecule is COc1ccc(NC(=O)COC(=O)c2ccc(Cl)cc2O)c([N+](=O)[O-])c1. The minimum Gasteiger partial charge on any atom is -0.507 e. The number of phenolic OH excluding ortho intramolecular Hbond substituents is 1. The van der Waals surface area contributed by atoms with Gasteiger partial charge in [0.25, 0.3) is 11.6 Å². The second-order valence-electron chi connectivity index (χ2n) is 4.93. The minimum atomic E-state index is -0.946. The van der Waals surface area contributed by atoms with Crippen molar-refractivity contribution in [3.05, 3.63) is 57.1 Å². The van der Waals surface area contributed by atoms with Crippen LogP contribution in [0.25, 0.3) is 0 Å². The number of methoxy groups -OCH3 is 1. The fourth-order valence-corrected chi connectivity index (χ4v) is 2.13. The van der Waals surface area contributed by atoms with Crippen LogP contribution in [-0.2, 0) is 9.53 Å². The normalized spacial score (nSPS) is 10.1. The second-order valence-corrected chi connectivity index (χ2v) is 5.36. The maximum atomic E-state index is 11.9. The van der Waals surface area contributed by atoms with Crippen molar-refractivity contribution in [3.63, 3.8) is 0 Å². The zero-order chi connectivity index (χ0) is 19.3. The minimum absolute atomic E-state index is 0.0776. The summed E-state index contributed by atoms with van der Waals surface area (Å²) in [6.07, 6.45) is 0. The van der Waals surface area contributed by atoms with Crippen molar-refractivity contribution in [2.75, 3.05) is 19.0 Å². The van der Waals surface area contributed by atoms with E-state index in [2.05, 4.69) is 5.32 Å². The molecule has 0 radical (unpaired) electrons. The number of anilines is 1. The fourth-order valence-electron chi connectivity index (χ4n) is 1.97. The average molecular weight is 381 g/mol. The number of nitrogens with one attached hydrogen (secondary N) is 1. The van der Waals surface area contributed by atoms with Gasteiger partial charge in [0.1, 0.15) is 22.7 Å². The molecule has 0 aliphatic rings. The number of nitrogens with zero attached hydrogens (tertiary/aromatic N) is 1. The molecule has 9 nitrogen and oxygen atoms in total. The van der Waals surface area contributed by atoms with Gasteiger partial charge >= 0.3 is 5.97 Å². The van der Waals surface area contributed by atoms with Crippen molar-refractivity contribution >= 4 is 34.9 Å². The lowest BCUT2D eigenvalue weighted by molar-refractivity contribution is -0.384. The number of benzene rings is 2. The Kier molecular flexibility index (Phi) is 5.97. The molecule has 2 N–H and O–H groups in total. The number of carbonyl (C=O) groups is 2. The van der Waals surface area contributed by atoms with Crippen molar-refractivity contribution in [3.8, 4) is 11.5 Å². The molecular formula is C16H13ClN2O7. The topological polar surface area (TPSA) is 128 Å². The average Bonchev–Trinajstić information content (AvgIpc) is 2.59. The van der Waals surface area contributed by atoms with E-state index < -0.39 is 29.2 Å². The lowest BCUT2D eigenvalue weighted by Gasteiger charge is -2.09. The molecule has 2 rings (SSSR count). The van der Waals surface area contributed by atoms with Crippen molar-refractivity contribution < 1.29 is 29.1 Å². The Morgan fingerprint density at radius 1 is 1.27 bits per heavy atom. The molecule has 2 aromatic carbocycles. The molecule has 0 aromatic heterocycles. The molecule has 0 saturated carbocycles. The van der Waals surface area contributed by atoms with Gasteiger partial charge in [-0.15, -0.1) is 0 Å². The van der Waals surface area contributed by atoms with E-state index >= 15 is 0 Å². The number of carbonyl (C=O) groups excluding carboxylic acids is 2. The molecule has 0 fully saturated rings. The predicted molar refractivity (Wildman–Crippen MR) is 91.7 cm³/mol. The van der Waals surface area contributed by atoms with Gasteiger partial charge in [0.2, 0.25) is 0 Å².